The fourth-order valence-electron chi connectivity index (χ4n) is 2.92. The molecule has 0 heterocycles. The second-order valence-electron chi connectivity index (χ2n) is 4.94. The average Bonchev–Trinajstić information content (AvgIpc) is 2.75. The first-order valence-electron chi connectivity index (χ1n) is 6.37. The molecule has 0 saturated carbocycles. The van der Waals surface area contributed by atoms with Crippen LogP contribution in [0.25, 0.3) is 0 Å². The molecule has 0 fully saturated rings. The summed E-state index contributed by atoms with van der Waals surface area (Å²) in [6, 6.07) is 14.5. The maximum atomic E-state index is 6.32. The van der Waals surface area contributed by atoms with Crippen molar-refractivity contribution in [2.45, 2.75) is 18.4 Å². The highest BCUT2D eigenvalue weighted by molar-refractivity contribution is 6.32. The molecule has 2 aromatic carbocycles. The van der Waals surface area contributed by atoms with Crippen molar-refractivity contribution >= 4 is 11.6 Å². The molecule has 2 nitrogen and oxygen atoms in total. The van der Waals surface area contributed by atoms with Crippen molar-refractivity contribution in [3.63, 3.8) is 0 Å². The lowest BCUT2D eigenvalue weighted by Crippen LogP contribution is -2.25. The molecule has 0 bridgehead atoms. The minimum Gasteiger partial charge on any atom is -0.495 e. The van der Waals surface area contributed by atoms with Crippen LogP contribution in [0.4, 0.5) is 0 Å². The van der Waals surface area contributed by atoms with Gasteiger partial charge in [-0.1, -0.05) is 41.9 Å². The summed E-state index contributed by atoms with van der Waals surface area (Å²) < 4.78 is 5.30. The van der Waals surface area contributed by atoms with Crippen molar-refractivity contribution in [2.75, 3.05) is 7.11 Å². The van der Waals surface area contributed by atoms with Crippen molar-refractivity contribution < 1.29 is 4.74 Å². The van der Waals surface area contributed by atoms with Gasteiger partial charge in [-0.05, 0) is 35.2 Å². The van der Waals surface area contributed by atoms with Gasteiger partial charge >= 0.3 is 0 Å². The van der Waals surface area contributed by atoms with Gasteiger partial charge in [0.25, 0.3) is 0 Å². The molecule has 0 amide bonds. The standard InChI is InChI=1S/C16H16ClNO/c1-19-15-9-11(6-7-13(15)17)16-12-5-3-2-4-10(12)8-14(16)18/h2-7,9,14,16H,8,18H2,1H3. The summed E-state index contributed by atoms with van der Waals surface area (Å²) in [4.78, 5) is 0. The summed E-state index contributed by atoms with van der Waals surface area (Å²) in [6.07, 6.45) is 0.922. The Kier molecular flexibility index (Phi) is 3.21. The Balaban J connectivity index is 2.07. The quantitative estimate of drug-likeness (QED) is 0.911. The number of hydrogen-bond acceptors (Lipinski definition) is 2. The van der Waals surface area contributed by atoms with E-state index in [1.807, 2.05) is 18.2 Å². The van der Waals surface area contributed by atoms with E-state index in [1.165, 1.54) is 16.7 Å². The van der Waals surface area contributed by atoms with Gasteiger partial charge in [-0.25, -0.2) is 0 Å². The second-order valence-corrected chi connectivity index (χ2v) is 5.35. The summed E-state index contributed by atoms with van der Waals surface area (Å²) in [5.41, 5.74) is 10.1. The number of hydrogen-bond donors (Lipinski definition) is 1. The summed E-state index contributed by atoms with van der Waals surface area (Å²) in [5, 5.41) is 0.631. The fourth-order valence-corrected chi connectivity index (χ4v) is 3.12. The molecule has 2 aromatic rings. The lowest BCUT2D eigenvalue weighted by atomic mass is 9.90. The number of ether oxygens (including phenoxy) is 1. The molecule has 98 valence electrons. The van der Waals surface area contributed by atoms with E-state index in [0.717, 1.165) is 6.42 Å². The molecule has 0 aliphatic heterocycles. The Hall–Kier alpha value is -1.51. The van der Waals surface area contributed by atoms with E-state index in [1.54, 1.807) is 7.11 Å². The van der Waals surface area contributed by atoms with Crippen LogP contribution < -0.4 is 10.5 Å². The van der Waals surface area contributed by atoms with Crippen molar-refractivity contribution in [2.24, 2.45) is 5.73 Å². The molecule has 19 heavy (non-hydrogen) atoms. The van der Waals surface area contributed by atoms with Gasteiger partial charge in [-0.2, -0.15) is 0 Å². The van der Waals surface area contributed by atoms with Crippen molar-refractivity contribution in [1.29, 1.82) is 0 Å². The second kappa shape index (κ2) is 4.87. The van der Waals surface area contributed by atoms with Crippen LogP contribution in [0.15, 0.2) is 42.5 Å². The molecule has 0 spiro atoms. The van der Waals surface area contributed by atoms with E-state index in [0.29, 0.717) is 10.8 Å². The highest BCUT2D eigenvalue weighted by atomic mass is 35.5. The first-order chi connectivity index (χ1) is 9.20. The highest BCUT2D eigenvalue weighted by Crippen LogP contribution is 2.39. The van der Waals surface area contributed by atoms with Gasteiger partial charge in [0.2, 0.25) is 0 Å². The normalized spacial score (nSPS) is 21.2. The summed E-state index contributed by atoms with van der Waals surface area (Å²) in [6.45, 7) is 0. The zero-order chi connectivity index (χ0) is 13.4. The van der Waals surface area contributed by atoms with Crippen LogP contribution in [-0.2, 0) is 6.42 Å². The van der Waals surface area contributed by atoms with Crippen molar-refractivity contribution in [3.8, 4) is 5.75 Å². The Morgan fingerprint density at radius 2 is 2.00 bits per heavy atom. The Bertz CT molecular complexity index is 611. The zero-order valence-corrected chi connectivity index (χ0v) is 11.5. The number of rotatable bonds is 2. The Morgan fingerprint density at radius 1 is 1.21 bits per heavy atom. The van der Waals surface area contributed by atoms with Gasteiger partial charge in [-0.15, -0.1) is 0 Å². The maximum absolute atomic E-state index is 6.32. The van der Waals surface area contributed by atoms with Crippen LogP contribution in [0.2, 0.25) is 5.02 Å². The fraction of sp³-hybridized carbons (Fsp3) is 0.250. The van der Waals surface area contributed by atoms with E-state index in [2.05, 4.69) is 24.3 Å². The molecule has 3 heteroatoms. The van der Waals surface area contributed by atoms with Gasteiger partial charge in [0.05, 0.1) is 12.1 Å². The molecule has 2 atom stereocenters. The van der Waals surface area contributed by atoms with E-state index in [4.69, 9.17) is 22.1 Å². The number of halogens is 1. The molecule has 0 radical (unpaired) electrons. The topological polar surface area (TPSA) is 35.2 Å². The predicted molar refractivity (Wildman–Crippen MR) is 78.0 cm³/mol. The minimum absolute atomic E-state index is 0.114. The molecular formula is C16H16ClNO. The summed E-state index contributed by atoms with van der Waals surface area (Å²) in [7, 11) is 1.63. The number of benzene rings is 2. The summed E-state index contributed by atoms with van der Waals surface area (Å²) >= 11 is 6.08. The van der Waals surface area contributed by atoms with Crippen LogP contribution >= 0.6 is 11.6 Å². The summed E-state index contributed by atoms with van der Waals surface area (Å²) in [5.74, 6) is 0.929. The SMILES string of the molecule is COc1cc(C2c3ccccc3CC2N)ccc1Cl. The third-order valence-corrected chi connectivity index (χ3v) is 4.12. The van der Waals surface area contributed by atoms with Crippen molar-refractivity contribution in [3.05, 3.63) is 64.2 Å². The molecule has 2 unspecified atom stereocenters. The van der Waals surface area contributed by atoms with Crippen LogP contribution in [0, 0.1) is 0 Å². The van der Waals surface area contributed by atoms with Gasteiger partial charge < -0.3 is 10.5 Å². The maximum Gasteiger partial charge on any atom is 0.137 e. The third-order valence-electron chi connectivity index (χ3n) is 3.81. The van der Waals surface area contributed by atoms with Gasteiger partial charge in [0.1, 0.15) is 5.75 Å². The third kappa shape index (κ3) is 2.11. The molecular weight excluding hydrogens is 258 g/mol. The first-order valence-corrected chi connectivity index (χ1v) is 6.75. The molecule has 3 rings (SSSR count). The minimum atomic E-state index is 0.114. The lowest BCUT2D eigenvalue weighted by molar-refractivity contribution is 0.414. The average molecular weight is 274 g/mol. The molecule has 1 aliphatic rings. The largest absolute Gasteiger partial charge is 0.495 e. The lowest BCUT2D eigenvalue weighted by Gasteiger charge is -2.18. The highest BCUT2D eigenvalue weighted by Gasteiger charge is 2.31. The Morgan fingerprint density at radius 3 is 2.79 bits per heavy atom. The van der Waals surface area contributed by atoms with Crippen molar-refractivity contribution in [1.82, 2.24) is 0 Å². The van der Waals surface area contributed by atoms with E-state index in [-0.39, 0.29) is 12.0 Å². The zero-order valence-electron chi connectivity index (χ0n) is 10.8. The van der Waals surface area contributed by atoms with Crippen LogP contribution in [-0.4, -0.2) is 13.2 Å². The Labute approximate surface area is 118 Å². The van der Waals surface area contributed by atoms with E-state index >= 15 is 0 Å². The number of nitrogens with two attached hydrogens (primary N) is 1. The molecule has 0 aromatic heterocycles. The van der Waals surface area contributed by atoms with Crippen LogP contribution in [0.1, 0.15) is 22.6 Å². The first kappa shape index (κ1) is 12.5. The predicted octanol–water partition coefficient (Wildman–Crippen LogP) is 3.36. The monoisotopic (exact) mass is 273 g/mol. The van der Waals surface area contributed by atoms with Crippen LogP contribution in [0.5, 0.6) is 5.75 Å². The van der Waals surface area contributed by atoms with E-state index < -0.39 is 0 Å². The molecule has 2 N–H and O–H groups in total. The van der Waals surface area contributed by atoms with E-state index in [9.17, 15) is 0 Å². The van der Waals surface area contributed by atoms with Gasteiger partial charge in [-0.3, -0.25) is 0 Å². The molecule has 0 saturated heterocycles. The van der Waals surface area contributed by atoms with Crippen LogP contribution in [0.3, 0.4) is 0 Å². The molecule has 1 aliphatic carbocycles. The smallest absolute Gasteiger partial charge is 0.137 e. The van der Waals surface area contributed by atoms with Gasteiger partial charge in [0, 0.05) is 12.0 Å². The number of fused-ring (bicyclic) bond motifs is 1. The number of methoxy groups -OCH3 is 1. The van der Waals surface area contributed by atoms with Gasteiger partial charge in [0.15, 0.2) is 0 Å².